The van der Waals surface area contributed by atoms with Crippen molar-refractivity contribution in [2.45, 2.75) is 118 Å². The van der Waals surface area contributed by atoms with E-state index < -0.39 is 0 Å². The van der Waals surface area contributed by atoms with Gasteiger partial charge in [0.1, 0.15) is 0 Å². The first-order valence-corrected chi connectivity index (χ1v) is 13.1. The summed E-state index contributed by atoms with van der Waals surface area (Å²) in [4.78, 5) is 0. The lowest BCUT2D eigenvalue weighted by molar-refractivity contribution is 0.127. The van der Waals surface area contributed by atoms with Gasteiger partial charge < -0.3 is 0 Å². The third-order valence-corrected chi connectivity index (χ3v) is 7.87. The molecule has 3 rings (SSSR count). The summed E-state index contributed by atoms with van der Waals surface area (Å²) >= 11 is 0. The van der Waals surface area contributed by atoms with Crippen molar-refractivity contribution in [1.82, 2.24) is 0 Å². The molecule has 3 unspecified atom stereocenters. The summed E-state index contributed by atoms with van der Waals surface area (Å²) < 4.78 is 0. The highest BCUT2D eigenvalue weighted by Crippen LogP contribution is 2.58. The minimum atomic E-state index is 0.587. The van der Waals surface area contributed by atoms with Gasteiger partial charge in [0.2, 0.25) is 0 Å². The Hall–Kier alpha value is -1.04. The quantitative estimate of drug-likeness (QED) is 0.300. The molecule has 0 heteroatoms. The second-order valence-corrected chi connectivity index (χ2v) is 10.1. The maximum absolute atomic E-state index is 4.31. The molecule has 0 aromatic heterocycles. The first-order chi connectivity index (χ1) is 14.5. The van der Waals surface area contributed by atoms with Gasteiger partial charge in [-0.3, -0.25) is 0 Å². The molecule has 0 aliphatic heterocycles. The Labute approximate surface area is 190 Å². The molecule has 0 N–H and O–H groups in total. The Bertz CT molecular complexity index is 561. The van der Waals surface area contributed by atoms with Gasteiger partial charge in [0.15, 0.2) is 0 Å². The molecule has 0 nitrogen and oxygen atoms in total. The summed E-state index contributed by atoms with van der Waals surface area (Å²) in [5.74, 6) is 2.70. The highest BCUT2D eigenvalue weighted by molar-refractivity contribution is 5.35. The number of unbranched alkanes of at least 4 members (excludes halogenated alkanes) is 1. The lowest BCUT2D eigenvalue weighted by Gasteiger charge is -2.42. The summed E-state index contributed by atoms with van der Waals surface area (Å²) in [6.45, 7) is 21.7. The molecule has 3 saturated carbocycles. The van der Waals surface area contributed by atoms with E-state index in [1.54, 1.807) is 11.1 Å². The zero-order chi connectivity index (χ0) is 22.6. The first-order valence-electron chi connectivity index (χ1n) is 13.1. The number of fused-ring (bicyclic) bond motifs is 1. The molecule has 3 aliphatic rings. The molecule has 0 aromatic rings. The Morgan fingerprint density at radius 2 is 1.67 bits per heavy atom. The number of rotatable bonds is 6. The van der Waals surface area contributed by atoms with E-state index in [0.717, 1.165) is 17.8 Å². The number of hydrogen-bond donors (Lipinski definition) is 0. The lowest BCUT2D eigenvalue weighted by atomic mass is 9.62. The molecule has 3 fully saturated rings. The van der Waals surface area contributed by atoms with Crippen LogP contribution in [-0.4, -0.2) is 0 Å². The molecule has 0 heterocycles. The van der Waals surface area contributed by atoms with Crippen LogP contribution in [0.15, 0.2) is 48.6 Å². The molecule has 3 atom stereocenters. The van der Waals surface area contributed by atoms with Gasteiger partial charge in [-0.1, -0.05) is 83.8 Å². The summed E-state index contributed by atoms with van der Waals surface area (Å²) in [6.07, 6.45) is 23.1. The summed E-state index contributed by atoms with van der Waals surface area (Å²) in [6, 6.07) is 0. The molecule has 0 bridgehead atoms. The van der Waals surface area contributed by atoms with Crippen molar-refractivity contribution < 1.29 is 0 Å². The van der Waals surface area contributed by atoms with E-state index in [1.165, 1.54) is 89.0 Å². The second-order valence-electron chi connectivity index (χ2n) is 10.1. The van der Waals surface area contributed by atoms with Gasteiger partial charge in [-0.05, 0) is 93.0 Å². The third-order valence-electron chi connectivity index (χ3n) is 7.87. The van der Waals surface area contributed by atoms with Crippen molar-refractivity contribution in [2.24, 2.45) is 23.2 Å². The predicted molar refractivity (Wildman–Crippen MR) is 138 cm³/mol. The fourth-order valence-corrected chi connectivity index (χ4v) is 6.16. The SMILES string of the molecule is C=C.C=C1CCCC/C1=C/C=C1\CCCC2(C)C(CCCCC(C)C)CCC12.CC. The van der Waals surface area contributed by atoms with Gasteiger partial charge in [-0.2, -0.15) is 0 Å². The van der Waals surface area contributed by atoms with Crippen LogP contribution in [0.1, 0.15) is 118 Å². The van der Waals surface area contributed by atoms with E-state index in [0.29, 0.717) is 5.41 Å². The van der Waals surface area contributed by atoms with E-state index >= 15 is 0 Å². The van der Waals surface area contributed by atoms with Crippen LogP contribution < -0.4 is 0 Å². The predicted octanol–water partition coefficient (Wildman–Crippen LogP) is 10.2. The number of allylic oxidation sites excluding steroid dienone is 5. The Morgan fingerprint density at radius 3 is 2.33 bits per heavy atom. The Balaban J connectivity index is 0.00000106. The summed E-state index contributed by atoms with van der Waals surface area (Å²) in [7, 11) is 0. The molecule has 0 radical (unpaired) electrons. The monoisotopic (exact) mass is 412 g/mol. The molecule has 30 heavy (non-hydrogen) atoms. The topological polar surface area (TPSA) is 0 Å². The Kier molecular flexibility index (Phi) is 12.7. The molecule has 0 spiro atoms. The fraction of sp³-hybridized carbons (Fsp3) is 0.733. The van der Waals surface area contributed by atoms with Gasteiger partial charge in [0.25, 0.3) is 0 Å². The fourth-order valence-electron chi connectivity index (χ4n) is 6.16. The minimum Gasteiger partial charge on any atom is -0.106 e. The standard InChI is InChI=1S/C26H42.C2H6.C2H4/c1-20(2)10-5-8-14-24-17-18-25-23(13-9-19-26(24,25)4)16-15-22-12-7-6-11-21(22)3;2*1-2/h15-16,20,24-25H,3,5-14,17-19H2,1-2,4H3;1-2H3;1-2H2/b22-15-,23-16+;;. The van der Waals surface area contributed by atoms with Crippen LogP contribution in [-0.2, 0) is 0 Å². The highest BCUT2D eigenvalue weighted by Gasteiger charge is 2.48. The van der Waals surface area contributed by atoms with E-state index in [1.807, 2.05) is 13.8 Å². The van der Waals surface area contributed by atoms with Crippen molar-refractivity contribution >= 4 is 0 Å². The average Bonchev–Trinajstić information content (AvgIpc) is 3.10. The lowest BCUT2D eigenvalue weighted by Crippen LogP contribution is -2.33. The van der Waals surface area contributed by atoms with Gasteiger partial charge in [0.05, 0.1) is 0 Å². The molecule has 0 aromatic carbocycles. The van der Waals surface area contributed by atoms with Crippen LogP contribution in [0.3, 0.4) is 0 Å². The van der Waals surface area contributed by atoms with Crippen LogP contribution >= 0.6 is 0 Å². The summed E-state index contributed by atoms with van der Waals surface area (Å²) in [5.41, 5.74) is 5.30. The van der Waals surface area contributed by atoms with E-state index in [2.05, 4.69) is 52.7 Å². The third kappa shape index (κ3) is 7.28. The zero-order valence-electron chi connectivity index (χ0n) is 21.2. The Morgan fingerprint density at radius 1 is 0.967 bits per heavy atom. The maximum Gasteiger partial charge on any atom is -0.0143 e. The van der Waals surface area contributed by atoms with Crippen LogP contribution in [0.2, 0.25) is 0 Å². The van der Waals surface area contributed by atoms with Crippen molar-refractivity contribution in [3.63, 3.8) is 0 Å². The second kappa shape index (κ2) is 14.1. The average molecular weight is 413 g/mol. The first kappa shape index (κ1) is 27.0. The van der Waals surface area contributed by atoms with Crippen LogP contribution in [0.4, 0.5) is 0 Å². The molecule has 0 saturated heterocycles. The molecule has 172 valence electrons. The van der Waals surface area contributed by atoms with Crippen LogP contribution in [0, 0.1) is 23.2 Å². The van der Waals surface area contributed by atoms with Crippen molar-refractivity contribution in [3.8, 4) is 0 Å². The maximum atomic E-state index is 4.31. The highest BCUT2D eigenvalue weighted by atomic mass is 14.5. The van der Waals surface area contributed by atoms with Gasteiger partial charge in [0, 0.05) is 0 Å². The molecular weight excluding hydrogens is 360 g/mol. The molecule has 0 amide bonds. The zero-order valence-corrected chi connectivity index (χ0v) is 21.2. The van der Waals surface area contributed by atoms with Crippen molar-refractivity contribution in [3.05, 3.63) is 48.6 Å². The molecular formula is C30H52. The van der Waals surface area contributed by atoms with E-state index in [-0.39, 0.29) is 0 Å². The van der Waals surface area contributed by atoms with Crippen LogP contribution in [0.25, 0.3) is 0 Å². The molecule has 3 aliphatic carbocycles. The van der Waals surface area contributed by atoms with E-state index in [9.17, 15) is 0 Å². The smallest absolute Gasteiger partial charge is 0.0143 e. The number of hydrogen-bond acceptors (Lipinski definition) is 0. The van der Waals surface area contributed by atoms with Crippen LogP contribution in [0.5, 0.6) is 0 Å². The van der Waals surface area contributed by atoms with E-state index in [4.69, 9.17) is 0 Å². The van der Waals surface area contributed by atoms with Crippen molar-refractivity contribution in [2.75, 3.05) is 0 Å². The van der Waals surface area contributed by atoms with Crippen molar-refractivity contribution in [1.29, 1.82) is 0 Å². The van der Waals surface area contributed by atoms with Gasteiger partial charge in [-0.25, -0.2) is 0 Å². The largest absolute Gasteiger partial charge is 0.106 e. The minimum absolute atomic E-state index is 0.587. The summed E-state index contributed by atoms with van der Waals surface area (Å²) in [5, 5.41) is 0. The normalized spacial score (nSPS) is 31.1. The van der Waals surface area contributed by atoms with Gasteiger partial charge >= 0.3 is 0 Å². The van der Waals surface area contributed by atoms with Gasteiger partial charge in [-0.15, -0.1) is 13.2 Å².